The van der Waals surface area contributed by atoms with E-state index in [2.05, 4.69) is 0 Å². The quantitative estimate of drug-likeness (QED) is 0.412. The highest BCUT2D eigenvalue weighted by molar-refractivity contribution is 5.82. The van der Waals surface area contributed by atoms with Gasteiger partial charge in [0.25, 0.3) is 0 Å². The Morgan fingerprint density at radius 3 is 1.75 bits per heavy atom. The lowest BCUT2D eigenvalue weighted by molar-refractivity contribution is -0.144. The van der Waals surface area contributed by atoms with Crippen LogP contribution in [0, 0.1) is 5.41 Å². The standard InChI is InChI=1S/C6H9NO5/c7-3-6(12,1-4(8)9)2-5(10)11/h3,7,12H,1-2H2,(H,8,9)(H,10,11). The fourth-order valence-corrected chi connectivity index (χ4v) is 0.688. The third kappa shape index (κ3) is 3.67. The maximum Gasteiger partial charge on any atom is 0.306 e. The highest BCUT2D eigenvalue weighted by Gasteiger charge is 2.30. The first-order chi connectivity index (χ1) is 5.39. The number of hydrogen-bond donors (Lipinski definition) is 4. The van der Waals surface area contributed by atoms with Crippen molar-refractivity contribution >= 4 is 18.2 Å². The lowest BCUT2D eigenvalue weighted by atomic mass is 9.97. The molecule has 0 aromatic heterocycles. The van der Waals surface area contributed by atoms with Crippen molar-refractivity contribution < 1.29 is 24.9 Å². The van der Waals surface area contributed by atoms with Gasteiger partial charge in [-0.25, -0.2) is 0 Å². The second-order valence-electron chi connectivity index (χ2n) is 2.39. The van der Waals surface area contributed by atoms with Crippen LogP contribution in [-0.4, -0.2) is 39.1 Å². The predicted octanol–water partition coefficient (Wildman–Crippen LogP) is -0.684. The van der Waals surface area contributed by atoms with Crippen molar-refractivity contribution in [2.45, 2.75) is 18.4 Å². The summed E-state index contributed by atoms with van der Waals surface area (Å²) < 4.78 is 0. The summed E-state index contributed by atoms with van der Waals surface area (Å²) in [5.74, 6) is -2.69. The van der Waals surface area contributed by atoms with Gasteiger partial charge in [0, 0.05) is 6.21 Å². The van der Waals surface area contributed by atoms with Crippen LogP contribution in [0.3, 0.4) is 0 Å². The van der Waals surface area contributed by atoms with Crippen LogP contribution >= 0.6 is 0 Å². The normalized spacial score (nSPS) is 10.8. The highest BCUT2D eigenvalue weighted by atomic mass is 16.4. The molecule has 68 valence electrons. The number of aliphatic carboxylic acids is 2. The zero-order chi connectivity index (χ0) is 9.78. The van der Waals surface area contributed by atoms with Crippen molar-refractivity contribution in [3.8, 4) is 0 Å². The number of carboxylic acids is 2. The molecule has 0 fully saturated rings. The molecule has 0 aliphatic heterocycles. The molecule has 0 saturated carbocycles. The summed E-state index contributed by atoms with van der Waals surface area (Å²) in [4.78, 5) is 20.2. The van der Waals surface area contributed by atoms with Gasteiger partial charge < -0.3 is 20.7 Å². The second kappa shape index (κ2) is 3.82. The van der Waals surface area contributed by atoms with E-state index in [-0.39, 0.29) is 0 Å². The van der Waals surface area contributed by atoms with Crippen LogP contribution in [0.4, 0.5) is 0 Å². The number of carboxylic acid groups (broad SMARTS) is 2. The molecule has 0 aromatic rings. The van der Waals surface area contributed by atoms with Gasteiger partial charge in [-0.1, -0.05) is 0 Å². The molecule has 0 heterocycles. The van der Waals surface area contributed by atoms with E-state index in [1.165, 1.54) is 0 Å². The molecule has 6 heteroatoms. The Bertz CT molecular complexity index is 196. The molecular formula is C6H9NO5. The van der Waals surface area contributed by atoms with E-state index in [1.807, 2.05) is 0 Å². The van der Waals surface area contributed by atoms with Crippen LogP contribution in [0.5, 0.6) is 0 Å². The molecule has 0 aromatic carbocycles. The minimum atomic E-state index is -2.07. The number of rotatable bonds is 5. The van der Waals surface area contributed by atoms with Crippen LogP contribution < -0.4 is 0 Å². The first-order valence-corrected chi connectivity index (χ1v) is 3.07. The second-order valence-corrected chi connectivity index (χ2v) is 2.39. The van der Waals surface area contributed by atoms with Crippen LogP contribution in [0.1, 0.15) is 12.8 Å². The Hall–Kier alpha value is -1.43. The van der Waals surface area contributed by atoms with E-state index in [4.69, 9.17) is 20.7 Å². The SMILES string of the molecule is N=CC(O)(CC(=O)O)CC(=O)O. The van der Waals surface area contributed by atoms with Gasteiger partial charge in [-0.05, 0) is 0 Å². The van der Waals surface area contributed by atoms with Crippen LogP contribution in [0.25, 0.3) is 0 Å². The first kappa shape index (κ1) is 10.6. The molecule has 0 amide bonds. The fourth-order valence-electron chi connectivity index (χ4n) is 0.688. The molecule has 6 nitrogen and oxygen atoms in total. The maximum absolute atomic E-state index is 10.1. The van der Waals surface area contributed by atoms with E-state index in [0.717, 1.165) is 0 Å². The van der Waals surface area contributed by atoms with E-state index < -0.39 is 30.4 Å². The van der Waals surface area contributed by atoms with Crippen molar-refractivity contribution in [3.63, 3.8) is 0 Å². The number of aliphatic hydroxyl groups is 1. The third-order valence-corrected chi connectivity index (χ3v) is 1.18. The molecule has 0 saturated heterocycles. The monoisotopic (exact) mass is 175 g/mol. The van der Waals surface area contributed by atoms with Gasteiger partial charge in [-0.15, -0.1) is 0 Å². The van der Waals surface area contributed by atoms with E-state index in [1.54, 1.807) is 0 Å². The van der Waals surface area contributed by atoms with Gasteiger partial charge in [-0.2, -0.15) is 0 Å². The predicted molar refractivity (Wildman–Crippen MR) is 38.2 cm³/mol. The smallest absolute Gasteiger partial charge is 0.306 e. The lowest BCUT2D eigenvalue weighted by Gasteiger charge is -2.17. The minimum absolute atomic E-state index is 0.426. The highest BCUT2D eigenvalue weighted by Crippen LogP contribution is 2.12. The molecule has 12 heavy (non-hydrogen) atoms. The third-order valence-electron chi connectivity index (χ3n) is 1.18. The van der Waals surface area contributed by atoms with Crippen molar-refractivity contribution in [1.29, 1.82) is 5.41 Å². The Labute approximate surface area is 68.0 Å². The topological polar surface area (TPSA) is 119 Å². The Balaban J connectivity index is 4.33. The van der Waals surface area contributed by atoms with Gasteiger partial charge in [0.1, 0.15) is 5.60 Å². The average Bonchev–Trinajstić information content (AvgIpc) is 1.83. The van der Waals surface area contributed by atoms with Crippen LogP contribution in [-0.2, 0) is 9.59 Å². The van der Waals surface area contributed by atoms with Crippen molar-refractivity contribution in [2.24, 2.45) is 0 Å². The molecule has 0 aliphatic rings. The van der Waals surface area contributed by atoms with Crippen LogP contribution in [0.15, 0.2) is 0 Å². The maximum atomic E-state index is 10.1. The van der Waals surface area contributed by atoms with E-state index in [9.17, 15) is 9.59 Å². The van der Waals surface area contributed by atoms with Gasteiger partial charge >= 0.3 is 11.9 Å². The van der Waals surface area contributed by atoms with Gasteiger partial charge in [0.2, 0.25) is 0 Å². The summed E-state index contributed by atoms with van der Waals surface area (Å²) in [6, 6.07) is 0. The molecular weight excluding hydrogens is 166 g/mol. The van der Waals surface area contributed by atoms with Gasteiger partial charge in [-0.3, -0.25) is 9.59 Å². The largest absolute Gasteiger partial charge is 0.481 e. The zero-order valence-electron chi connectivity index (χ0n) is 6.15. The molecule has 0 rings (SSSR count). The Kier molecular flexibility index (Phi) is 3.36. The molecule has 0 bridgehead atoms. The summed E-state index contributed by atoms with van der Waals surface area (Å²) in [7, 11) is 0. The zero-order valence-corrected chi connectivity index (χ0v) is 6.15. The van der Waals surface area contributed by atoms with Gasteiger partial charge in [0.05, 0.1) is 12.8 Å². The number of nitrogens with one attached hydrogen (secondary N) is 1. The van der Waals surface area contributed by atoms with Crippen molar-refractivity contribution in [1.82, 2.24) is 0 Å². The molecule has 0 atom stereocenters. The molecule has 0 aliphatic carbocycles. The number of hydrogen-bond acceptors (Lipinski definition) is 4. The Morgan fingerprint density at radius 1 is 1.25 bits per heavy atom. The summed E-state index contributed by atoms with van der Waals surface area (Å²) in [6.45, 7) is 0. The summed E-state index contributed by atoms with van der Waals surface area (Å²) >= 11 is 0. The number of carbonyl (C=O) groups is 2. The van der Waals surface area contributed by atoms with Gasteiger partial charge in [0.15, 0.2) is 0 Å². The van der Waals surface area contributed by atoms with Crippen molar-refractivity contribution in [3.05, 3.63) is 0 Å². The average molecular weight is 175 g/mol. The van der Waals surface area contributed by atoms with Crippen molar-refractivity contribution in [2.75, 3.05) is 0 Å². The van der Waals surface area contributed by atoms with Crippen LogP contribution in [0.2, 0.25) is 0 Å². The fraction of sp³-hybridized carbons (Fsp3) is 0.500. The lowest BCUT2D eigenvalue weighted by Crippen LogP contribution is -2.35. The van der Waals surface area contributed by atoms with E-state index >= 15 is 0 Å². The van der Waals surface area contributed by atoms with E-state index in [0.29, 0.717) is 6.21 Å². The molecule has 0 unspecified atom stereocenters. The summed E-state index contributed by atoms with van der Waals surface area (Å²) in [5.41, 5.74) is -2.07. The molecule has 0 spiro atoms. The Morgan fingerprint density at radius 2 is 1.58 bits per heavy atom. The molecule has 0 radical (unpaired) electrons. The summed E-state index contributed by atoms with van der Waals surface area (Å²) in [6.07, 6.45) is -1.12. The first-order valence-electron chi connectivity index (χ1n) is 3.07. The molecule has 4 N–H and O–H groups in total. The minimum Gasteiger partial charge on any atom is -0.481 e. The summed E-state index contributed by atoms with van der Waals surface area (Å²) in [5, 5.41) is 32.3.